The molecule has 0 radical (unpaired) electrons. The second kappa shape index (κ2) is 3.91. The highest BCUT2D eigenvalue weighted by atomic mass is 19.1. The van der Waals surface area contributed by atoms with Gasteiger partial charge in [-0.2, -0.15) is 0 Å². The third-order valence-corrected chi connectivity index (χ3v) is 2.76. The Hall–Kier alpha value is -1.78. The molecule has 0 atom stereocenters. The fraction of sp³-hybridized carbons (Fsp3) is 0.417. The summed E-state index contributed by atoms with van der Waals surface area (Å²) in [5.74, 6) is -0.678. The van der Waals surface area contributed by atoms with Gasteiger partial charge in [0, 0.05) is 11.0 Å². The molecule has 0 bridgehead atoms. The average molecular weight is 240 g/mol. The summed E-state index contributed by atoms with van der Waals surface area (Å²) in [4.78, 5) is 10.8. The first-order chi connectivity index (χ1) is 7.92. The molecule has 1 aliphatic rings. The molecule has 0 amide bonds. The van der Waals surface area contributed by atoms with Crippen molar-refractivity contribution < 1.29 is 23.8 Å². The SMILES string of the molecule is CC(C)(CC(=O)O)c1c(F)ccc2c1OCO2. The van der Waals surface area contributed by atoms with Crippen LogP contribution >= 0.6 is 0 Å². The lowest BCUT2D eigenvalue weighted by atomic mass is 9.80. The zero-order valence-electron chi connectivity index (χ0n) is 9.62. The van der Waals surface area contributed by atoms with Crippen LogP contribution in [0.3, 0.4) is 0 Å². The van der Waals surface area contributed by atoms with Crippen LogP contribution in [0.1, 0.15) is 25.8 Å². The number of aliphatic carboxylic acids is 1. The summed E-state index contributed by atoms with van der Waals surface area (Å²) < 4.78 is 24.2. The highest BCUT2D eigenvalue weighted by Crippen LogP contribution is 2.44. The molecule has 1 heterocycles. The van der Waals surface area contributed by atoms with Crippen LogP contribution in [-0.2, 0) is 10.2 Å². The standard InChI is InChI=1S/C12H13FO4/c1-12(2,5-9(14)15)10-7(13)3-4-8-11(10)17-6-16-8/h3-4H,5-6H2,1-2H3,(H,14,15). The first-order valence-corrected chi connectivity index (χ1v) is 5.22. The Kier molecular flexibility index (Phi) is 2.69. The third-order valence-electron chi connectivity index (χ3n) is 2.76. The highest BCUT2D eigenvalue weighted by molar-refractivity contribution is 5.69. The topological polar surface area (TPSA) is 55.8 Å². The van der Waals surface area contributed by atoms with Gasteiger partial charge in [-0.15, -0.1) is 0 Å². The largest absolute Gasteiger partial charge is 0.481 e. The van der Waals surface area contributed by atoms with Gasteiger partial charge in [0.05, 0.1) is 6.42 Å². The number of halogens is 1. The van der Waals surface area contributed by atoms with Gasteiger partial charge in [0.25, 0.3) is 0 Å². The molecule has 0 fully saturated rings. The molecule has 5 heteroatoms. The second-order valence-corrected chi connectivity index (χ2v) is 4.61. The highest BCUT2D eigenvalue weighted by Gasteiger charge is 2.34. The summed E-state index contributed by atoms with van der Waals surface area (Å²) >= 11 is 0. The van der Waals surface area contributed by atoms with Gasteiger partial charge in [0.15, 0.2) is 11.5 Å². The van der Waals surface area contributed by atoms with Crippen LogP contribution in [0.2, 0.25) is 0 Å². The minimum Gasteiger partial charge on any atom is -0.481 e. The molecule has 1 aliphatic heterocycles. The Bertz CT molecular complexity index is 468. The Balaban J connectivity index is 2.51. The van der Waals surface area contributed by atoms with Crippen molar-refractivity contribution in [3.8, 4) is 11.5 Å². The number of hydrogen-bond donors (Lipinski definition) is 1. The fourth-order valence-corrected chi connectivity index (χ4v) is 2.05. The lowest BCUT2D eigenvalue weighted by molar-refractivity contribution is -0.138. The van der Waals surface area contributed by atoms with Crippen molar-refractivity contribution in [3.63, 3.8) is 0 Å². The quantitative estimate of drug-likeness (QED) is 0.880. The number of rotatable bonds is 3. The number of carboxylic acids is 1. The van der Waals surface area contributed by atoms with Gasteiger partial charge < -0.3 is 14.6 Å². The van der Waals surface area contributed by atoms with Gasteiger partial charge in [0.1, 0.15) is 5.82 Å². The minimum atomic E-state index is -0.981. The molecule has 0 saturated heterocycles. The van der Waals surface area contributed by atoms with E-state index < -0.39 is 17.2 Å². The van der Waals surface area contributed by atoms with Crippen LogP contribution in [0.4, 0.5) is 4.39 Å². The molecular formula is C12H13FO4. The molecule has 0 unspecified atom stereocenters. The number of benzene rings is 1. The van der Waals surface area contributed by atoms with E-state index in [1.165, 1.54) is 12.1 Å². The zero-order valence-corrected chi connectivity index (χ0v) is 9.62. The predicted molar refractivity (Wildman–Crippen MR) is 57.8 cm³/mol. The second-order valence-electron chi connectivity index (χ2n) is 4.61. The van der Waals surface area contributed by atoms with Crippen molar-refractivity contribution in [2.75, 3.05) is 6.79 Å². The summed E-state index contributed by atoms with van der Waals surface area (Å²) in [6.45, 7) is 3.37. The first kappa shape index (κ1) is 11.7. The Labute approximate surface area is 98.0 Å². The molecule has 2 rings (SSSR count). The van der Waals surface area contributed by atoms with Crippen molar-refractivity contribution in [1.29, 1.82) is 0 Å². The van der Waals surface area contributed by atoms with Gasteiger partial charge in [-0.3, -0.25) is 4.79 Å². The van der Waals surface area contributed by atoms with E-state index in [2.05, 4.69) is 0 Å². The van der Waals surface area contributed by atoms with E-state index in [-0.39, 0.29) is 18.8 Å². The molecular weight excluding hydrogens is 227 g/mol. The summed E-state index contributed by atoms with van der Waals surface area (Å²) in [7, 11) is 0. The Morgan fingerprint density at radius 3 is 2.82 bits per heavy atom. The van der Waals surface area contributed by atoms with Crippen LogP contribution in [-0.4, -0.2) is 17.9 Å². The third kappa shape index (κ3) is 2.05. The van der Waals surface area contributed by atoms with Crippen LogP contribution in [0.5, 0.6) is 11.5 Å². The summed E-state index contributed by atoms with van der Waals surface area (Å²) in [6.07, 6.45) is -0.177. The van der Waals surface area contributed by atoms with Gasteiger partial charge in [-0.25, -0.2) is 4.39 Å². The Morgan fingerprint density at radius 2 is 2.18 bits per heavy atom. The summed E-state index contributed by atoms with van der Waals surface area (Å²) in [6, 6.07) is 2.75. The molecule has 1 N–H and O–H groups in total. The number of ether oxygens (including phenoxy) is 2. The van der Waals surface area contributed by atoms with Gasteiger partial charge in [-0.05, 0) is 12.1 Å². The summed E-state index contributed by atoms with van der Waals surface area (Å²) in [5.41, 5.74) is -0.593. The molecule has 1 aromatic rings. The number of carboxylic acid groups (broad SMARTS) is 1. The summed E-state index contributed by atoms with van der Waals surface area (Å²) in [5, 5.41) is 8.86. The molecule has 0 aromatic heterocycles. The lowest BCUT2D eigenvalue weighted by Gasteiger charge is -2.24. The van der Waals surface area contributed by atoms with E-state index in [4.69, 9.17) is 14.6 Å². The van der Waals surface area contributed by atoms with Gasteiger partial charge >= 0.3 is 5.97 Å². The maximum Gasteiger partial charge on any atom is 0.304 e. The van der Waals surface area contributed by atoms with E-state index in [1.807, 2.05) is 0 Å². The maximum atomic E-state index is 13.9. The number of hydrogen-bond acceptors (Lipinski definition) is 3. The molecule has 4 nitrogen and oxygen atoms in total. The molecule has 0 saturated carbocycles. The zero-order chi connectivity index (χ0) is 12.6. The van der Waals surface area contributed by atoms with Crippen molar-refractivity contribution in [1.82, 2.24) is 0 Å². The van der Waals surface area contributed by atoms with Crippen molar-refractivity contribution >= 4 is 5.97 Å². The van der Waals surface area contributed by atoms with E-state index in [0.717, 1.165) is 0 Å². The van der Waals surface area contributed by atoms with Crippen molar-refractivity contribution in [3.05, 3.63) is 23.5 Å². The molecule has 17 heavy (non-hydrogen) atoms. The smallest absolute Gasteiger partial charge is 0.304 e. The van der Waals surface area contributed by atoms with E-state index in [1.54, 1.807) is 13.8 Å². The van der Waals surface area contributed by atoms with Gasteiger partial charge in [0.2, 0.25) is 6.79 Å². The average Bonchev–Trinajstić information content (AvgIpc) is 2.61. The van der Waals surface area contributed by atoms with Crippen molar-refractivity contribution in [2.45, 2.75) is 25.7 Å². The van der Waals surface area contributed by atoms with Crippen LogP contribution in [0.15, 0.2) is 12.1 Å². The maximum absolute atomic E-state index is 13.9. The van der Waals surface area contributed by atoms with Crippen LogP contribution in [0, 0.1) is 5.82 Å². The number of carbonyl (C=O) groups is 1. The monoisotopic (exact) mass is 240 g/mol. The van der Waals surface area contributed by atoms with E-state index in [9.17, 15) is 9.18 Å². The van der Waals surface area contributed by atoms with Crippen LogP contribution in [0.25, 0.3) is 0 Å². The van der Waals surface area contributed by atoms with E-state index in [0.29, 0.717) is 11.5 Å². The molecule has 0 aliphatic carbocycles. The van der Waals surface area contributed by atoms with Gasteiger partial charge in [-0.1, -0.05) is 13.8 Å². The normalized spacial score (nSPS) is 13.8. The minimum absolute atomic E-state index is 0.0366. The lowest BCUT2D eigenvalue weighted by Crippen LogP contribution is -2.23. The van der Waals surface area contributed by atoms with Crippen LogP contribution < -0.4 is 9.47 Å². The number of fused-ring (bicyclic) bond motifs is 1. The first-order valence-electron chi connectivity index (χ1n) is 5.22. The van der Waals surface area contributed by atoms with E-state index >= 15 is 0 Å². The predicted octanol–water partition coefficient (Wildman–Crippen LogP) is 2.31. The molecule has 0 spiro atoms. The molecule has 1 aromatic carbocycles. The molecule has 92 valence electrons. The van der Waals surface area contributed by atoms with Crippen molar-refractivity contribution in [2.24, 2.45) is 0 Å². The Morgan fingerprint density at radius 1 is 1.47 bits per heavy atom. The fourth-order valence-electron chi connectivity index (χ4n) is 2.05.